The lowest BCUT2D eigenvalue weighted by Gasteiger charge is -2.11. The molecule has 2 amide bonds. The summed E-state index contributed by atoms with van der Waals surface area (Å²) in [6.07, 6.45) is 1.86. The van der Waals surface area contributed by atoms with Gasteiger partial charge in [0.2, 0.25) is 0 Å². The van der Waals surface area contributed by atoms with Crippen molar-refractivity contribution in [2.24, 2.45) is 0 Å². The van der Waals surface area contributed by atoms with Crippen LogP contribution in [0.2, 0.25) is 0 Å². The van der Waals surface area contributed by atoms with Gasteiger partial charge in [0.25, 0.3) is 11.8 Å². The number of carbonyl (C=O) groups is 4. The predicted octanol–water partition coefficient (Wildman–Crippen LogP) is 3.09. The third kappa shape index (κ3) is 6.25. The first-order valence-corrected chi connectivity index (χ1v) is 10.2. The first-order chi connectivity index (χ1) is 13.9. The van der Waals surface area contributed by atoms with E-state index in [0.29, 0.717) is 16.1 Å². The van der Waals surface area contributed by atoms with Crippen LogP contribution < -0.4 is 10.6 Å². The molecular formula is C21H22N2O5S. The van der Waals surface area contributed by atoms with Crippen LogP contribution in [0.25, 0.3) is 0 Å². The molecule has 1 aromatic carbocycles. The Morgan fingerprint density at radius 1 is 1.07 bits per heavy atom. The van der Waals surface area contributed by atoms with Crippen LogP contribution in [-0.2, 0) is 14.3 Å². The molecule has 2 N–H and O–H groups in total. The highest BCUT2D eigenvalue weighted by Gasteiger charge is 2.25. The van der Waals surface area contributed by atoms with Gasteiger partial charge in [-0.15, -0.1) is 11.3 Å². The predicted molar refractivity (Wildman–Crippen MR) is 109 cm³/mol. The molecule has 0 unspecified atom stereocenters. The van der Waals surface area contributed by atoms with E-state index in [0.717, 1.165) is 17.7 Å². The summed E-state index contributed by atoms with van der Waals surface area (Å²) in [5, 5.41) is 5.46. The minimum atomic E-state index is -0.624. The fraction of sp³-hybridized carbons (Fsp3) is 0.333. The van der Waals surface area contributed by atoms with E-state index in [9.17, 15) is 19.2 Å². The van der Waals surface area contributed by atoms with Gasteiger partial charge in [-0.3, -0.25) is 19.2 Å². The zero-order valence-electron chi connectivity index (χ0n) is 16.0. The zero-order valence-corrected chi connectivity index (χ0v) is 16.8. The number of ether oxygens (including phenoxy) is 1. The minimum Gasteiger partial charge on any atom is -0.456 e. The molecule has 0 spiro atoms. The zero-order chi connectivity index (χ0) is 20.8. The van der Waals surface area contributed by atoms with E-state index in [1.165, 1.54) is 11.3 Å². The first-order valence-electron chi connectivity index (χ1n) is 9.37. The number of anilines is 1. The van der Waals surface area contributed by atoms with Crippen LogP contribution >= 0.6 is 11.3 Å². The van der Waals surface area contributed by atoms with Crippen molar-refractivity contribution in [2.75, 3.05) is 11.9 Å². The van der Waals surface area contributed by atoms with E-state index < -0.39 is 18.5 Å². The third-order valence-electron chi connectivity index (χ3n) is 4.29. The van der Waals surface area contributed by atoms with Gasteiger partial charge in [-0.2, -0.15) is 0 Å². The number of carbonyl (C=O) groups excluding carboxylic acids is 4. The second-order valence-corrected chi connectivity index (χ2v) is 8.12. The molecular weight excluding hydrogens is 392 g/mol. The fourth-order valence-corrected chi connectivity index (χ4v) is 3.44. The summed E-state index contributed by atoms with van der Waals surface area (Å²) in [5.41, 5.74) is 0.714. The van der Waals surface area contributed by atoms with Crippen LogP contribution in [0.5, 0.6) is 0 Å². The molecule has 1 fully saturated rings. The smallest absolute Gasteiger partial charge is 0.306 e. The van der Waals surface area contributed by atoms with Crippen molar-refractivity contribution in [1.29, 1.82) is 0 Å². The molecule has 1 aliphatic carbocycles. The SMILES string of the molecule is Cc1ccc(C(=O)CCC(=O)OCC(=O)Nc2ccccc2C(=O)NC2CC2)s1. The van der Waals surface area contributed by atoms with Gasteiger partial charge in [0.1, 0.15) is 0 Å². The largest absolute Gasteiger partial charge is 0.456 e. The van der Waals surface area contributed by atoms with Crippen molar-refractivity contribution in [2.45, 2.75) is 38.6 Å². The highest BCUT2D eigenvalue weighted by molar-refractivity contribution is 7.14. The maximum atomic E-state index is 12.3. The van der Waals surface area contributed by atoms with E-state index in [2.05, 4.69) is 10.6 Å². The average molecular weight is 414 g/mol. The number of nitrogens with one attached hydrogen (secondary N) is 2. The lowest BCUT2D eigenvalue weighted by atomic mass is 10.1. The molecule has 0 atom stereocenters. The molecule has 1 aromatic heterocycles. The fourth-order valence-electron chi connectivity index (χ4n) is 2.61. The Morgan fingerprint density at radius 3 is 2.52 bits per heavy atom. The molecule has 8 heteroatoms. The lowest BCUT2D eigenvalue weighted by Crippen LogP contribution is -2.28. The van der Waals surface area contributed by atoms with Crippen LogP contribution in [0.3, 0.4) is 0 Å². The van der Waals surface area contributed by atoms with Crippen LogP contribution in [0, 0.1) is 6.92 Å². The highest BCUT2D eigenvalue weighted by Crippen LogP contribution is 2.21. The van der Waals surface area contributed by atoms with E-state index in [1.54, 1.807) is 30.3 Å². The monoisotopic (exact) mass is 414 g/mol. The molecule has 0 bridgehead atoms. The van der Waals surface area contributed by atoms with Crippen LogP contribution in [0.1, 0.15) is 50.6 Å². The molecule has 0 radical (unpaired) electrons. The summed E-state index contributed by atoms with van der Waals surface area (Å²) >= 11 is 1.38. The van der Waals surface area contributed by atoms with E-state index in [4.69, 9.17) is 4.74 Å². The molecule has 3 rings (SSSR count). The number of esters is 1. The number of hydrogen-bond donors (Lipinski definition) is 2. The summed E-state index contributed by atoms with van der Waals surface area (Å²) in [4.78, 5) is 49.8. The number of aryl methyl sites for hydroxylation is 1. The van der Waals surface area contributed by atoms with E-state index in [1.807, 2.05) is 13.0 Å². The van der Waals surface area contributed by atoms with E-state index in [-0.39, 0.29) is 30.6 Å². The Hall–Kier alpha value is -3.00. The van der Waals surface area contributed by atoms with Crippen LogP contribution in [-0.4, -0.2) is 36.2 Å². The number of hydrogen-bond acceptors (Lipinski definition) is 6. The number of Topliss-reactive ketones (excluding diaryl/α,β-unsaturated/α-hetero) is 1. The van der Waals surface area contributed by atoms with Crippen molar-refractivity contribution < 1.29 is 23.9 Å². The van der Waals surface area contributed by atoms with Gasteiger partial charge in [-0.1, -0.05) is 12.1 Å². The Morgan fingerprint density at radius 2 is 1.83 bits per heavy atom. The summed E-state index contributed by atoms with van der Waals surface area (Å²) in [6, 6.07) is 10.4. The summed E-state index contributed by atoms with van der Waals surface area (Å²) in [6.45, 7) is 1.42. The van der Waals surface area contributed by atoms with Crippen molar-refractivity contribution in [1.82, 2.24) is 5.32 Å². The van der Waals surface area contributed by atoms with Crippen molar-refractivity contribution in [3.8, 4) is 0 Å². The molecule has 29 heavy (non-hydrogen) atoms. The number of thiophene rings is 1. The number of ketones is 1. The maximum absolute atomic E-state index is 12.3. The Labute approximate surface area is 172 Å². The van der Waals surface area contributed by atoms with Gasteiger partial charge in [0.15, 0.2) is 12.4 Å². The summed E-state index contributed by atoms with van der Waals surface area (Å²) < 4.78 is 4.94. The first kappa shape index (κ1) is 20.7. The van der Waals surface area contributed by atoms with Crippen molar-refractivity contribution >= 4 is 40.6 Å². The van der Waals surface area contributed by atoms with Gasteiger partial charge < -0.3 is 15.4 Å². The Kier molecular flexibility index (Phi) is 6.77. The molecule has 152 valence electrons. The normalized spacial score (nSPS) is 12.9. The van der Waals surface area contributed by atoms with Gasteiger partial charge >= 0.3 is 5.97 Å². The second-order valence-electron chi connectivity index (χ2n) is 6.84. The minimum absolute atomic E-state index is 0.0323. The number of benzene rings is 1. The molecule has 0 aliphatic heterocycles. The second kappa shape index (κ2) is 9.47. The molecule has 7 nitrogen and oxygen atoms in total. The topological polar surface area (TPSA) is 102 Å². The van der Waals surface area contributed by atoms with Gasteiger partial charge in [0.05, 0.1) is 22.5 Å². The third-order valence-corrected chi connectivity index (χ3v) is 5.34. The van der Waals surface area contributed by atoms with E-state index >= 15 is 0 Å². The highest BCUT2D eigenvalue weighted by atomic mass is 32.1. The van der Waals surface area contributed by atoms with Crippen LogP contribution in [0.15, 0.2) is 36.4 Å². The Balaban J connectivity index is 1.44. The van der Waals surface area contributed by atoms with Gasteiger partial charge in [-0.25, -0.2) is 0 Å². The van der Waals surface area contributed by atoms with Crippen molar-refractivity contribution in [3.63, 3.8) is 0 Å². The molecule has 1 aliphatic rings. The molecule has 2 aromatic rings. The van der Waals surface area contributed by atoms with Crippen molar-refractivity contribution in [3.05, 3.63) is 51.7 Å². The lowest BCUT2D eigenvalue weighted by molar-refractivity contribution is -0.147. The molecule has 0 saturated heterocycles. The quantitative estimate of drug-likeness (QED) is 0.485. The Bertz CT molecular complexity index is 933. The summed E-state index contributed by atoms with van der Waals surface area (Å²) in [7, 11) is 0. The van der Waals surface area contributed by atoms with Gasteiger partial charge in [-0.05, 0) is 44.0 Å². The standard InChI is InChI=1S/C21H22N2O5S/c1-13-6-10-18(29-13)17(24)9-11-20(26)28-12-19(25)23-16-5-3-2-4-15(16)21(27)22-14-7-8-14/h2-6,10,14H,7-9,11-12H2,1H3,(H,22,27)(H,23,25). The number of amides is 2. The van der Waals surface area contributed by atoms with Crippen LogP contribution in [0.4, 0.5) is 5.69 Å². The molecule has 1 heterocycles. The summed E-state index contributed by atoms with van der Waals surface area (Å²) in [5.74, 6) is -1.55. The number of rotatable bonds is 9. The number of para-hydroxylation sites is 1. The average Bonchev–Trinajstić information content (AvgIpc) is 3.41. The molecule has 1 saturated carbocycles. The van der Waals surface area contributed by atoms with Gasteiger partial charge in [0, 0.05) is 17.3 Å². The maximum Gasteiger partial charge on any atom is 0.306 e.